The lowest BCUT2D eigenvalue weighted by Crippen LogP contribution is -2.43. The van der Waals surface area contributed by atoms with Crippen LogP contribution in [0.5, 0.6) is 0 Å². The van der Waals surface area contributed by atoms with E-state index in [9.17, 15) is 0 Å². The van der Waals surface area contributed by atoms with E-state index in [0.29, 0.717) is 12.1 Å². The van der Waals surface area contributed by atoms with Crippen molar-refractivity contribution in [3.63, 3.8) is 0 Å². The van der Waals surface area contributed by atoms with Crippen LogP contribution in [0.3, 0.4) is 0 Å². The van der Waals surface area contributed by atoms with Gasteiger partial charge in [0.2, 0.25) is 0 Å². The van der Waals surface area contributed by atoms with Gasteiger partial charge in [0.15, 0.2) is 0 Å². The third kappa shape index (κ3) is 1.72. The number of rotatable bonds is 0. The molecule has 0 bridgehead atoms. The molecule has 2 nitrogen and oxygen atoms in total. The number of nitrogens with zero attached hydrogens (tertiary/aromatic N) is 2. The van der Waals surface area contributed by atoms with Crippen LogP contribution in [0.25, 0.3) is 0 Å². The van der Waals surface area contributed by atoms with Gasteiger partial charge in [-0.3, -0.25) is 0 Å². The summed E-state index contributed by atoms with van der Waals surface area (Å²) in [6.07, 6.45) is 2.08. The van der Waals surface area contributed by atoms with E-state index in [4.69, 9.17) is 5.26 Å². The van der Waals surface area contributed by atoms with Crippen LogP contribution in [0, 0.1) is 17.2 Å². The maximum Gasteiger partial charge on any atom is 0.0657 e. The zero-order chi connectivity index (χ0) is 8.43. The number of hydrogen-bond donors (Lipinski definition) is 0. The van der Waals surface area contributed by atoms with Crippen molar-refractivity contribution >= 4 is 0 Å². The van der Waals surface area contributed by atoms with Crippen molar-refractivity contribution in [3.05, 3.63) is 0 Å². The molecule has 2 atom stereocenters. The Labute approximate surface area is 68.8 Å². The third-order valence-electron chi connectivity index (χ3n) is 2.82. The molecule has 2 unspecified atom stereocenters. The van der Waals surface area contributed by atoms with Gasteiger partial charge in [0, 0.05) is 18.0 Å². The largest absolute Gasteiger partial charge is 0.301 e. The highest BCUT2D eigenvalue weighted by Crippen LogP contribution is 2.25. The predicted octanol–water partition coefficient (Wildman–Crippen LogP) is 1.63. The summed E-state index contributed by atoms with van der Waals surface area (Å²) in [5, 5.41) is 8.74. The summed E-state index contributed by atoms with van der Waals surface area (Å²) in [4.78, 5) is 2.36. The smallest absolute Gasteiger partial charge is 0.0657 e. The van der Waals surface area contributed by atoms with E-state index in [2.05, 4.69) is 31.9 Å². The second kappa shape index (κ2) is 3.23. The van der Waals surface area contributed by atoms with Gasteiger partial charge in [0.1, 0.15) is 0 Å². The summed E-state index contributed by atoms with van der Waals surface area (Å²) in [5.74, 6) is 0.288. The van der Waals surface area contributed by atoms with Crippen LogP contribution in [0.4, 0.5) is 0 Å². The average molecular weight is 152 g/mol. The van der Waals surface area contributed by atoms with Crippen molar-refractivity contribution in [2.24, 2.45) is 5.92 Å². The Morgan fingerprint density at radius 2 is 1.73 bits per heavy atom. The molecular weight excluding hydrogens is 136 g/mol. The van der Waals surface area contributed by atoms with Crippen LogP contribution in [0.2, 0.25) is 0 Å². The second-order valence-corrected chi connectivity index (χ2v) is 3.66. The van der Waals surface area contributed by atoms with Crippen LogP contribution in [0.1, 0.15) is 26.7 Å². The Bertz CT molecular complexity index is 159. The minimum Gasteiger partial charge on any atom is -0.301 e. The van der Waals surface area contributed by atoms with Crippen LogP contribution >= 0.6 is 0 Å². The highest BCUT2D eigenvalue weighted by Gasteiger charge is 2.27. The lowest BCUT2D eigenvalue weighted by Gasteiger charge is -2.37. The molecule has 0 aromatic carbocycles. The number of piperidine rings is 1. The molecule has 0 N–H and O–H groups in total. The molecule has 0 spiro atoms. The molecule has 1 fully saturated rings. The zero-order valence-corrected chi connectivity index (χ0v) is 7.54. The van der Waals surface area contributed by atoms with Gasteiger partial charge in [-0.2, -0.15) is 5.26 Å². The maximum absolute atomic E-state index is 8.74. The van der Waals surface area contributed by atoms with Crippen molar-refractivity contribution in [1.82, 2.24) is 4.90 Å². The summed E-state index contributed by atoms with van der Waals surface area (Å²) in [7, 11) is 2.14. The minimum absolute atomic E-state index is 0.288. The van der Waals surface area contributed by atoms with E-state index in [-0.39, 0.29) is 5.92 Å². The van der Waals surface area contributed by atoms with Crippen molar-refractivity contribution in [2.75, 3.05) is 7.05 Å². The van der Waals surface area contributed by atoms with Crippen molar-refractivity contribution < 1.29 is 0 Å². The molecule has 0 aromatic heterocycles. The van der Waals surface area contributed by atoms with E-state index in [0.717, 1.165) is 12.8 Å². The SMILES string of the molecule is CC1CC(C#N)CC(C)N1C. The summed E-state index contributed by atoms with van der Waals surface area (Å²) < 4.78 is 0. The van der Waals surface area contributed by atoms with E-state index >= 15 is 0 Å². The fourth-order valence-electron chi connectivity index (χ4n) is 1.79. The molecule has 1 aliphatic heterocycles. The Kier molecular flexibility index (Phi) is 2.51. The van der Waals surface area contributed by atoms with Gasteiger partial charge in [-0.05, 0) is 33.7 Å². The molecule has 11 heavy (non-hydrogen) atoms. The van der Waals surface area contributed by atoms with Crippen molar-refractivity contribution in [2.45, 2.75) is 38.8 Å². The van der Waals surface area contributed by atoms with Crippen LogP contribution < -0.4 is 0 Å². The first-order chi connectivity index (χ1) is 5.15. The number of hydrogen-bond acceptors (Lipinski definition) is 2. The van der Waals surface area contributed by atoms with Gasteiger partial charge in [-0.25, -0.2) is 0 Å². The molecule has 1 heterocycles. The summed E-state index contributed by atoms with van der Waals surface area (Å²) in [6, 6.07) is 3.50. The van der Waals surface area contributed by atoms with Gasteiger partial charge in [-0.1, -0.05) is 0 Å². The monoisotopic (exact) mass is 152 g/mol. The Morgan fingerprint density at radius 3 is 2.09 bits per heavy atom. The van der Waals surface area contributed by atoms with Gasteiger partial charge in [0.25, 0.3) is 0 Å². The quantitative estimate of drug-likeness (QED) is 0.527. The first-order valence-corrected chi connectivity index (χ1v) is 4.26. The summed E-state index contributed by atoms with van der Waals surface area (Å²) >= 11 is 0. The summed E-state index contributed by atoms with van der Waals surface area (Å²) in [5.41, 5.74) is 0. The predicted molar refractivity (Wildman–Crippen MR) is 45.0 cm³/mol. The standard InChI is InChI=1S/C9H16N2/c1-7-4-9(6-10)5-8(2)11(7)3/h7-9H,4-5H2,1-3H3. The van der Waals surface area contributed by atoms with Crippen LogP contribution in [-0.2, 0) is 0 Å². The third-order valence-corrected chi connectivity index (χ3v) is 2.82. The topological polar surface area (TPSA) is 27.0 Å². The first-order valence-electron chi connectivity index (χ1n) is 4.26. The maximum atomic E-state index is 8.74. The minimum atomic E-state index is 0.288. The Morgan fingerprint density at radius 1 is 1.27 bits per heavy atom. The molecule has 1 aliphatic rings. The molecular formula is C9H16N2. The molecule has 2 heteroatoms. The Balaban J connectivity index is 2.56. The van der Waals surface area contributed by atoms with Gasteiger partial charge >= 0.3 is 0 Å². The molecule has 0 aromatic rings. The average Bonchev–Trinajstić information content (AvgIpc) is 1.99. The molecule has 62 valence electrons. The van der Waals surface area contributed by atoms with E-state index in [1.165, 1.54) is 0 Å². The van der Waals surface area contributed by atoms with Gasteiger partial charge in [0.05, 0.1) is 6.07 Å². The van der Waals surface area contributed by atoms with E-state index in [1.54, 1.807) is 0 Å². The molecule has 0 amide bonds. The lowest BCUT2D eigenvalue weighted by atomic mass is 9.89. The van der Waals surface area contributed by atoms with E-state index in [1.807, 2.05) is 0 Å². The highest BCUT2D eigenvalue weighted by molar-refractivity contribution is 4.92. The normalized spacial score (nSPS) is 40.0. The first kappa shape index (κ1) is 8.55. The number of likely N-dealkylation sites (tertiary alicyclic amines) is 1. The molecule has 0 saturated carbocycles. The zero-order valence-electron chi connectivity index (χ0n) is 7.54. The fourth-order valence-corrected chi connectivity index (χ4v) is 1.79. The Hall–Kier alpha value is -0.550. The highest BCUT2D eigenvalue weighted by atomic mass is 15.2. The fraction of sp³-hybridized carbons (Fsp3) is 0.889. The van der Waals surface area contributed by atoms with Crippen molar-refractivity contribution in [1.29, 1.82) is 5.26 Å². The number of nitriles is 1. The van der Waals surface area contributed by atoms with E-state index < -0.39 is 0 Å². The van der Waals surface area contributed by atoms with Crippen LogP contribution in [0.15, 0.2) is 0 Å². The van der Waals surface area contributed by atoms with Gasteiger partial charge in [-0.15, -0.1) is 0 Å². The molecule has 1 saturated heterocycles. The lowest BCUT2D eigenvalue weighted by molar-refractivity contribution is 0.116. The summed E-state index contributed by atoms with van der Waals surface area (Å²) in [6.45, 7) is 4.39. The van der Waals surface area contributed by atoms with Crippen LogP contribution in [-0.4, -0.2) is 24.0 Å². The molecule has 0 radical (unpaired) electrons. The van der Waals surface area contributed by atoms with Gasteiger partial charge < -0.3 is 4.90 Å². The second-order valence-electron chi connectivity index (χ2n) is 3.66. The molecule has 0 aliphatic carbocycles. The molecule has 1 rings (SSSR count). The van der Waals surface area contributed by atoms with Crippen molar-refractivity contribution in [3.8, 4) is 6.07 Å².